The van der Waals surface area contributed by atoms with Crippen LogP contribution in [-0.4, -0.2) is 12.1 Å². The molecule has 0 aliphatic rings. The van der Waals surface area contributed by atoms with Crippen molar-refractivity contribution in [1.29, 1.82) is 0 Å². The molecule has 1 nitrogen and oxygen atoms in total. The number of hydrogen-bond acceptors (Lipinski definition) is 1. The lowest BCUT2D eigenvalue weighted by Crippen LogP contribution is -2.39. The summed E-state index contributed by atoms with van der Waals surface area (Å²) in [6.45, 7) is 9.45. The van der Waals surface area contributed by atoms with Gasteiger partial charge in [-0.1, -0.05) is 22.9 Å². The van der Waals surface area contributed by atoms with E-state index in [1.54, 1.807) is 6.07 Å². The molecular weight excluding hydrogens is 281 g/mol. The summed E-state index contributed by atoms with van der Waals surface area (Å²) in [6.07, 6.45) is 0.758. The molecule has 1 rings (SSSR count). The van der Waals surface area contributed by atoms with Crippen molar-refractivity contribution in [1.82, 2.24) is 5.32 Å². The maximum Gasteiger partial charge on any atom is 0.126 e. The molecule has 1 aromatic carbocycles. The summed E-state index contributed by atoms with van der Waals surface area (Å²) in [5.41, 5.74) is 0.895. The Hall–Kier alpha value is -0.410. The Balaban J connectivity index is 2.56. The van der Waals surface area contributed by atoms with Crippen LogP contribution < -0.4 is 5.32 Å². The number of benzene rings is 1. The zero-order valence-corrected chi connectivity index (χ0v) is 12.6. The minimum absolute atomic E-state index is 0.115. The quantitative estimate of drug-likeness (QED) is 0.881. The molecule has 3 heteroatoms. The van der Waals surface area contributed by atoms with E-state index in [0.29, 0.717) is 5.92 Å². The standard InChI is InChI=1S/C14H21BrFN/c1-10(9-17-14(2,3)4)7-11-8-12(15)5-6-13(11)16/h5-6,8,10,17H,7,9H2,1-4H3. The Morgan fingerprint density at radius 1 is 1.35 bits per heavy atom. The minimum Gasteiger partial charge on any atom is -0.312 e. The zero-order valence-electron chi connectivity index (χ0n) is 11.0. The van der Waals surface area contributed by atoms with Crippen molar-refractivity contribution in [2.45, 2.75) is 39.7 Å². The van der Waals surface area contributed by atoms with Crippen molar-refractivity contribution >= 4 is 15.9 Å². The van der Waals surface area contributed by atoms with Gasteiger partial charge >= 0.3 is 0 Å². The van der Waals surface area contributed by atoms with Crippen LogP contribution in [0.5, 0.6) is 0 Å². The van der Waals surface area contributed by atoms with Crippen LogP contribution in [-0.2, 0) is 6.42 Å². The smallest absolute Gasteiger partial charge is 0.126 e. The van der Waals surface area contributed by atoms with E-state index in [1.165, 1.54) is 6.07 Å². The largest absolute Gasteiger partial charge is 0.312 e. The highest BCUT2D eigenvalue weighted by Crippen LogP contribution is 2.18. The predicted octanol–water partition coefficient (Wildman–Crippen LogP) is 4.15. The molecule has 0 saturated heterocycles. The van der Waals surface area contributed by atoms with Gasteiger partial charge in [-0.3, -0.25) is 0 Å². The SMILES string of the molecule is CC(CNC(C)(C)C)Cc1cc(Br)ccc1F. The molecular formula is C14H21BrFN. The molecule has 1 unspecified atom stereocenters. The van der Waals surface area contributed by atoms with Gasteiger partial charge in [0, 0.05) is 10.0 Å². The van der Waals surface area contributed by atoms with E-state index in [9.17, 15) is 4.39 Å². The van der Waals surface area contributed by atoms with Gasteiger partial charge in [-0.15, -0.1) is 0 Å². The Labute approximate surface area is 112 Å². The summed E-state index contributed by atoms with van der Waals surface area (Å²) in [5.74, 6) is 0.300. The van der Waals surface area contributed by atoms with Crippen LogP contribution in [0.25, 0.3) is 0 Å². The van der Waals surface area contributed by atoms with Crippen molar-refractivity contribution in [3.8, 4) is 0 Å². The highest BCUT2D eigenvalue weighted by atomic mass is 79.9. The van der Waals surface area contributed by atoms with Gasteiger partial charge < -0.3 is 5.32 Å². The zero-order chi connectivity index (χ0) is 13.1. The van der Waals surface area contributed by atoms with E-state index < -0.39 is 0 Å². The van der Waals surface area contributed by atoms with E-state index in [2.05, 4.69) is 48.9 Å². The first-order valence-corrected chi connectivity index (χ1v) is 6.76. The van der Waals surface area contributed by atoms with Gasteiger partial charge in [0.2, 0.25) is 0 Å². The Kier molecular flexibility index (Phi) is 5.14. The molecule has 0 spiro atoms. The topological polar surface area (TPSA) is 12.0 Å². The van der Waals surface area contributed by atoms with Crippen LogP contribution in [0, 0.1) is 11.7 Å². The lowest BCUT2D eigenvalue weighted by molar-refractivity contribution is 0.379. The molecule has 0 saturated carbocycles. The number of halogens is 2. The summed E-state index contributed by atoms with van der Waals surface area (Å²) in [6, 6.07) is 5.11. The molecule has 1 N–H and O–H groups in total. The fraction of sp³-hybridized carbons (Fsp3) is 0.571. The van der Waals surface area contributed by atoms with E-state index in [1.807, 2.05) is 6.07 Å². The van der Waals surface area contributed by atoms with Gasteiger partial charge in [-0.2, -0.15) is 0 Å². The number of rotatable bonds is 4. The molecule has 0 fully saturated rings. The Morgan fingerprint density at radius 3 is 2.59 bits per heavy atom. The van der Waals surface area contributed by atoms with Crippen molar-refractivity contribution in [3.05, 3.63) is 34.1 Å². The molecule has 17 heavy (non-hydrogen) atoms. The number of hydrogen-bond donors (Lipinski definition) is 1. The summed E-state index contributed by atoms with van der Waals surface area (Å²) in [5, 5.41) is 3.44. The molecule has 1 atom stereocenters. The van der Waals surface area contributed by atoms with Crippen molar-refractivity contribution < 1.29 is 4.39 Å². The highest BCUT2D eigenvalue weighted by Gasteiger charge is 2.13. The van der Waals surface area contributed by atoms with Gasteiger partial charge in [0.15, 0.2) is 0 Å². The summed E-state index contributed by atoms with van der Waals surface area (Å²) in [7, 11) is 0. The molecule has 0 amide bonds. The first-order chi connectivity index (χ1) is 7.78. The van der Waals surface area contributed by atoms with Crippen LogP contribution in [0.2, 0.25) is 0 Å². The van der Waals surface area contributed by atoms with Gasteiger partial charge in [0.05, 0.1) is 0 Å². The summed E-state index contributed by atoms with van der Waals surface area (Å²) >= 11 is 3.37. The maximum atomic E-state index is 13.6. The van der Waals surface area contributed by atoms with E-state index in [0.717, 1.165) is 23.0 Å². The molecule has 0 bridgehead atoms. The number of nitrogens with one attached hydrogen (secondary N) is 1. The lowest BCUT2D eigenvalue weighted by Gasteiger charge is -2.23. The normalized spacial score (nSPS) is 13.8. The van der Waals surface area contributed by atoms with Gasteiger partial charge in [-0.25, -0.2) is 4.39 Å². The van der Waals surface area contributed by atoms with E-state index in [-0.39, 0.29) is 11.4 Å². The second kappa shape index (κ2) is 5.96. The van der Waals surface area contributed by atoms with Crippen LogP contribution in [0.1, 0.15) is 33.3 Å². The molecule has 0 aliphatic carbocycles. The fourth-order valence-electron chi connectivity index (χ4n) is 1.63. The van der Waals surface area contributed by atoms with Crippen molar-refractivity contribution in [2.24, 2.45) is 5.92 Å². The van der Waals surface area contributed by atoms with Crippen LogP contribution in [0.3, 0.4) is 0 Å². The second-order valence-electron chi connectivity index (χ2n) is 5.68. The molecule has 0 heterocycles. The first kappa shape index (κ1) is 14.7. The third-order valence-electron chi connectivity index (χ3n) is 2.56. The van der Waals surface area contributed by atoms with Gasteiger partial charge in [-0.05, 0) is 63.4 Å². The lowest BCUT2D eigenvalue weighted by atomic mass is 9.99. The highest BCUT2D eigenvalue weighted by molar-refractivity contribution is 9.10. The molecule has 0 aliphatic heterocycles. The van der Waals surface area contributed by atoms with Crippen LogP contribution >= 0.6 is 15.9 Å². The monoisotopic (exact) mass is 301 g/mol. The Morgan fingerprint density at radius 2 is 2.00 bits per heavy atom. The molecule has 96 valence electrons. The van der Waals surface area contributed by atoms with E-state index >= 15 is 0 Å². The molecule has 0 aromatic heterocycles. The first-order valence-electron chi connectivity index (χ1n) is 5.97. The van der Waals surface area contributed by atoms with Crippen molar-refractivity contribution in [3.63, 3.8) is 0 Å². The van der Waals surface area contributed by atoms with Crippen molar-refractivity contribution in [2.75, 3.05) is 6.54 Å². The molecule has 0 radical (unpaired) electrons. The maximum absolute atomic E-state index is 13.6. The van der Waals surface area contributed by atoms with Gasteiger partial charge in [0.25, 0.3) is 0 Å². The summed E-state index contributed by atoms with van der Waals surface area (Å²) in [4.78, 5) is 0. The fourth-order valence-corrected chi connectivity index (χ4v) is 2.04. The van der Waals surface area contributed by atoms with Crippen LogP contribution in [0.4, 0.5) is 4.39 Å². The third kappa shape index (κ3) is 5.64. The third-order valence-corrected chi connectivity index (χ3v) is 3.05. The molecule has 1 aromatic rings. The average molecular weight is 302 g/mol. The van der Waals surface area contributed by atoms with E-state index in [4.69, 9.17) is 0 Å². The second-order valence-corrected chi connectivity index (χ2v) is 6.59. The predicted molar refractivity (Wildman–Crippen MR) is 74.7 cm³/mol. The Bertz CT molecular complexity index is 371. The minimum atomic E-state index is -0.115. The van der Waals surface area contributed by atoms with Crippen LogP contribution in [0.15, 0.2) is 22.7 Å². The summed E-state index contributed by atoms with van der Waals surface area (Å²) < 4.78 is 14.5. The average Bonchev–Trinajstić information content (AvgIpc) is 2.20. The van der Waals surface area contributed by atoms with Gasteiger partial charge in [0.1, 0.15) is 5.82 Å².